The Kier molecular flexibility index (Phi) is 8.36. The van der Waals surface area contributed by atoms with Crippen LogP contribution in [0.5, 0.6) is 11.5 Å². The third kappa shape index (κ3) is 5.30. The number of carbonyl (C=O) groups excluding carboxylic acids is 1. The van der Waals surface area contributed by atoms with Gasteiger partial charge in [0.05, 0.1) is 25.7 Å². The molecular formula is C31H40N2O3. The molecule has 0 spiro atoms. The van der Waals surface area contributed by atoms with Gasteiger partial charge in [0.25, 0.3) is 0 Å². The lowest BCUT2D eigenvalue weighted by Crippen LogP contribution is -2.37. The molecule has 0 saturated carbocycles. The summed E-state index contributed by atoms with van der Waals surface area (Å²) in [6.07, 6.45) is 5.95. The van der Waals surface area contributed by atoms with E-state index in [1.165, 1.54) is 0 Å². The van der Waals surface area contributed by atoms with Crippen LogP contribution in [0.3, 0.4) is 0 Å². The van der Waals surface area contributed by atoms with Crippen molar-refractivity contribution in [1.82, 2.24) is 4.90 Å². The molecule has 0 N–H and O–H groups in total. The van der Waals surface area contributed by atoms with Gasteiger partial charge in [-0.15, -0.1) is 0 Å². The fourth-order valence-corrected chi connectivity index (χ4v) is 6.27. The summed E-state index contributed by atoms with van der Waals surface area (Å²) in [5.41, 5.74) is 2.60. The standard InChI is InChI=1S/C31H40N2O3/c1-22(2)31(21-32,26-9-6-5-7-10-26)13-8-14-33-15-11-23(12-16-33)17-25-18-24-19-28(35-3)29(36-4)20-27(24)30(25)34/h5-7,9-10,19-20,22-23,25H,8,11-18H2,1-4H3. The Morgan fingerprint density at radius 3 is 2.36 bits per heavy atom. The molecule has 1 saturated heterocycles. The van der Waals surface area contributed by atoms with E-state index in [-0.39, 0.29) is 17.6 Å². The highest BCUT2D eigenvalue weighted by molar-refractivity contribution is 6.02. The van der Waals surface area contributed by atoms with E-state index in [1.54, 1.807) is 14.2 Å². The molecule has 5 heteroatoms. The first kappa shape index (κ1) is 26.2. The second-order valence-corrected chi connectivity index (χ2v) is 10.9. The number of Topliss-reactive ketones (excluding diaryl/α,β-unsaturated/α-hetero) is 1. The van der Waals surface area contributed by atoms with Gasteiger partial charge in [0.15, 0.2) is 17.3 Å². The van der Waals surface area contributed by atoms with Crippen LogP contribution in [-0.4, -0.2) is 44.5 Å². The van der Waals surface area contributed by atoms with Crippen molar-refractivity contribution in [3.63, 3.8) is 0 Å². The Balaban J connectivity index is 1.27. The zero-order valence-electron chi connectivity index (χ0n) is 22.3. The largest absolute Gasteiger partial charge is 0.493 e. The van der Waals surface area contributed by atoms with Gasteiger partial charge in [-0.25, -0.2) is 0 Å². The first-order valence-electron chi connectivity index (χ1n) is 13.4. The predicted molar refractivity (Wildman–Crippen MR) is 143 cm³/mol. The normalized spacial score (nSPS) is 20.1. The number of benzene rings is 2. The van der Waals surface area contributed by atoms with Crippen molar-refractivity contribution in [2.75, 3.05) is 33.9 Å². The number of rotatable bonds is 10. The highest BCUT2D eigenvalue weighted by atomic mass is 16.5. The number of fused-ring (bicyclic) bond motifs is 1. The molecular weight excluding hydrogens is 448 g/mol. The maximum atomic E-state index is 13.1. The second kappa shape index (κ2) is 11.5. The summed E-state index contributed by atoms with van der Waals surface area (Å²) in [6, 6.07) is 16.8. The molecule has 192 valence electrons. The van der Waals surface area contributed by atoms with Gasteiger partial charge in [-0.1, -0.05) is 44.2 Å². The molecule has 0 amide bonds. The van der Waals surface area contributed by atoms with E-state index in [9.17, 15) is 10.1 Å². The monoisotopic (exact) mass is 488 g/mol. The number of hydrogen-bond donors (Lipinski definition) is 0. The first-order chi connectivity index (χ1) is 17.4. The van der Waals surface area contributed by atoms with Crippen LogP contribution in [0.15, 0.2) is 42.5 Å². The molecule has 2 atom stereocenters. The van der Waals surface area contributed by atoms with Crippen LogP contribution in [0.25, 0.3) is 0 Å². The zero-order chi connectivity index (χ0) is 25.7. The van der Waals surface area contributed by atoms with Gasteiger partial charge in [-0.3, -0.25) is 4.79 Å². The van der Waals surface area contributed by atoms with Gasteiger partial charge in [0, 0.05) is 11.5 Å². The third-order valence-electron chi connectivity index (χ3n) is 8.56. The Labute approximate surface area is 216 Å². The molecule has 0 radical (unpaired) electrons. The SMILES string of the molecule is COc1cc2c(cc1OC)C(=O)C(CC1CCN(CCCC(C#N)(c3ccccc3)C(C)C)CC1)C2. The first-order valence-corrected chi connectivity index (χ1v) is 13.4. The number of ether oxygens (including phenoxy) is 2. The lowest BCUT2D eigenvalue weighted by atomic mass is 9.70. The summed E-state index contributed by atoms with van der Waals surface area (Å²) in [7, 11) is 3.25. The highest BCUT2D eigenvalue weighted by Gasteiger charge is 2.36. The van der Waals surface area contributed by atoms with Gasteiger partial charge in [0.1, 0.15) is 0 Å². The molecule has 0 aromatic heterocycles. The summed E-state index contributed by atoms with van der Waals surface area (Å²) in [6.45, 7) is 7.51. The maximum absolute atomic E-state index is 13.1. The van der Waals surface area contributed by atoms with E-state index in [1.807, 2.05) is 30.3 Å². The third-order valence-corrected chi connectivity index (χ3v) is 8.56. The lowest BCUT2D eigenvalue weighted by Gasteiger charge is -2.35. The molecule has 1 fully saturated rings. The van der Waals surface area contributed by atoms with Crippen molar-refractivity contribution in [1.29, 1.82) is 5.26 Å². The maximum Gasteiger partial charge on any atom is 0.166 e. The van der Waals surface area contributed by atoms with Crippen molar-refractivity contribution < 1.29 is 14.3 Å². The summed E-state index contributed by atoms with van der Waals surface area (Å²) in [4.78, 5) is 15.7. The predicted octanol–water partition coefficient (Wildman–Crippen LogP) is 6.06. The lowest BCUT2D eigenvalue weighted by molar-refractivity contribution is 0.0896. The van der Waals surface area contributed by atoms with Crippen LogP contribution in [0.4, 0.5) is 0 Å². The highest BCUT2D eigenvalue weighted by Crippen LogP contribution is 2.40. The second-order valence-electron chi connectivity index (χ2n) is 10.9. The van der Waals surface area contributed by atoms with Gasteiger partial charge in [-0.2, -0.15) is 5.26 Å². The molecule has 1 aliphatic heterocycles. The smallest absolute Gasteiger partial charge is 0.166 e. The molecule has 0 bridgehead atoms. The van der Waals surface area contributed by atoms with Crippen LogP contribution in [0, 0.1) is 29.1 Å². The molecule has 2 aliphatic rings. The van der Waals surface area contributed by atoms with Crippen molar-refractivity contribution in [2.45, 2.75) is 57.8 Å². The summed E-state index contributed by atoms with van der Waals surface area (Å²) >= 11 is 0. The van der Waals surface area contributed by atoms with Gasteiger partial charge in [-0.05, 0) is 93.3 Å². The van der Waals surface area contributed by atoms with E-state index in [0.29, 0.717) is 17.4 Å². The van der Waals surface area contributed by atoms with Crippen LogP contribution in [-0.2, 0) is 11.8 Å². The van der Waals surface area contributed by atoms with Gasteiger partial charge in [0.2, 0.25) is 0 Å². The molecule has 1 aliphatic carbocycles. The van der Waals surface area contributed by atoms with Crippen molar-refractivity contribution in [3.05, 3.63) is 59.2 Å². The number of ketones is 1. The van der Waals surface area contributed by atoms with Crippen LogP contribution in [0.2, 0.25) is 0 Å². The van der Waals surface area contributed by atoms with E-state index in [2.05, 4.69) is 36.9 Å². The van der Waals surface area contributed by atoms with Crippen molar-refractivity contribution in [2.24, 2.45) is 17.8 Å². The number of piperidine rings is 1. The summed E-state index contributed by atoms with van der Waals surface area (Å²) < 4.78 is 10.8. The van der Waals surface area contributed by atoms with Crippen molar-refractivity contribution >= 4 is 5.78 Å². The molecule has 2 unspecified atom stereocenters. The minimum Gasteiger partial charge on any atom is -0.493 e. The topological polar surface area (TPSA) is 62.6 Å². The molecule has 4 rings (SSSR count). The molecule has 5 nitrogen and oxygen atoms in total. The average Bonchev–Trinajstić information content (AvgIpc) is 3.20. The summed E-state index contributed by atoms with van der Waals surface area (Å²) in [5, 5.41) is 10.1. The molecule has 2 aromatic carbocycles. The Morgan fingerprint density at radius 2 is 1.75 bits per heavy atom. The molecule has 1 heterocycles. The molecule has 36 heavy (non-hydrogen) atoms. The van der Waals surface area contributed by atoms with Gasteiger partial charge < -0.3 is 14.4 Å². The van der Waals surface area contributed by atoms with Crippen LogP contribution >= 0.6 is 0 Å². The van der Waals surface area contributed by atoms with E-state index >= 15 is 0 Å². The number of carbonyl (C=O) groups is 1. The van der Waals surface area contributed by atoms with Crippen LogP contribution < -0.4 is 9.47 Å². The number of nitriles is 1. The average molecular weight is 489 g/mol. The Bertz CT molecular complexity index is 1080. The quantitative estimate of drug-likeness (QED) is 0.407. The summed E-state index contributed by atoms with van der Waals surface area (Å²) in [5.74, 6) is 2.51. The van der Waals surface area contributed by atoms with E-state index < -0.39 is 5.41 Å². The van der Waals surface area contributed by atoms with Crippen molar-refractivity contribution in [3.8, 4) is 17.6 Å². The fraction of sp³-hybridized carbons (Fsp3) is 0.548. The van der Waals surface area contributed by atoms with E-state index in [0.717, 1.165) is 74.8 Å². The fourth-order valence-electron chi connectivity index (χ4n) is 6.27. The van der Waals surface area contributed by atoms with Crippen LogP contribution in [0.1, 0.15) is 67.4 Å². The molecule has 2 aromatic rings. The minimum absolute atomic E-state index is 0.0709. The number of likely N-dealkylation sites (tertiary alicyclic amines) is 1. The van der Waals surface area contributed by atoms with E-state index in [4.69, 9.17) is 9.47 Å². The number of nitrogens with zero attached hydrogens (tertiary/aromatic N) is 2. The Hall–Kier alpha value is -2.84. The number of hydrogen-bond acceptors (Lipinski definition) is 5. The zero-order valence-corrected chi connectivity index (χ0v) is 22.3. The van der Waals surface area contributed by atoms with Gasteiger partial charge >= 0.3 is 0 Å². The Morgan fingerprint density at radius 1 is 1.08 bits per heavy atom. The minimum atomic E-state index is -0.428. The number of methoxy groups -OCH3 is 2.